The van der Waals surface area contributed by atoms with E-state index < -0.39 is 0 Å². The van der Waals surface area contributed by atoms with Crippen molar-refractivity contribution in [3.05, 3.63) is 35.4 Å². The zero-order valence-electron chi connectivity index (χ0n) is 9.17. The van der Waals surface area contributed by atoms with Crippen molar-refractivity contribution >= 4 is 11.8 Å². The minimum atomic E-state index is -0.373. The summed E-state index contributed by atoms with van der Waals surface area (Å²) >= 11 is 1.79. The summed E-state index contributed by atoms with van der Waals surface area (Å²) in [5.74, 6) is 1.15. The van der Waals surface area contributed by atoms with Crippen LogP contribution in [0.5, 0.6) is 0 Å². The van der Waals surface area contributed by atoms with Gasteiger partial charge in [0.1, 0.15) is 11.6 Å². The fourth-order valence-electron chi connectivity index (χ4n) is 1.91. The Bertz CT molecular complexity index is 370. The average molecular weight is 243 g/mol. The minimum Gasteiger partial charge on any atom is -0.306 e. The third kappa shape index (κ3) is 2.55. The molecular formula is C12H15F2NS. The lowest BCUT2D eigenvalue weighted by molar-refractivity contribution is 0.448. The Hall–Kier alpha value is -0.610. The predicted octanol–water partition coefficient (Wildman–Crippen LogP) is 3.12. The molecule has 88 valence electrons. The highest BCUT2D eigenvalue weighted by Crippen LogP contribution is 2.27. The van der Waals surface area contributed by atoms with Crippen molar-refractivity contribution in [1.29, 1.82) is 0 Å². The maximum atomic E-state index is 13.6. The lowest BCUT2D eigenvalue weighted by Gasteiger charge is -2.30. The molecule has 1 fully saturated rings. The summed E-state index contributed by atoms with van der Waals surface area (Å²) in [5.41, 5.74) is 0.450. The molecule has 0 aromatic heterocycles. The Morgan fingerprint density at radius 2 is 2.19 bits per heavy atom. The smallest absolute Gasteiger partial charge is 0.128 e. The van der Waals surface area contributed by atoms with Crippen molar-refractivity contribution in [2.24, 2.45) is 0 Å². The molecule has 1 nitrogen and oxygen atoms in total. The first-order valence-electron chi connectivity index (χ1n) is 5.49. The van der Waals surface area contributed by atoms with E-state index in [4.69, 9.17) is 0 Å². The predicted molar refractivity (Wildman–Crippen MR) is 63.6 cm³/mol. The highest BCUT2D eigenvalue weighted by molar-refractivity contribution is 7.99. The summed E-state index contributed by atoms with van der Waals surface area (Å²) in [5, 5.41) is 3.36. The normalized spacial score (nSPS) is 25.7. The van der Waals surface area contributed by atoms with Gasteiger partial charge in [-0.2, -0.15) is 11.8 Å². The quantitative estimate of drug-likeness (QED) is 0.856. The standard InChI is InChI=1S/C12H15F2NS/c1-2-9-6-16-7-12(15-9)10-5-8(13)3-4-11(10)14/h3-5,9,12,15H,2,6-7H2,1H3. The Morgan fingerprint density at radius 1 is 1.38 bits per heavy atom. The first-order chi connectivity index (χ1) is 7.70. The van der Waals surface area contributed by atoms with Gasteiger partial charge in [-0.05, 0) is 24.6 Å². The Morgan fingerprint density at radius 3 is 2.94 bits per heavy atom. The Labute approximate surface area is 98.6 Å². The minimum absolute atomic E-state index is 0.0700. The average Bonchev–Trinajstić information content (AvgIpc) is 2.32. The third-order valence-electron chi connectivity index (χ3n) is 2.87. The molecule has 1 aliphatic heterocycles. The molecule has 16 heavy (non-hydrogen) atoms. The monoisotopic (exact) mass is 243 g/mol. The van der Waals surface area contributed by atoms with Crippen LogP contribution in [0.4, 0.5) is 8.78 Å². The largest absolute Gasteiger partial charge is 0.306 e. The second kappa shape index (κ2) is 5.15. The molecule has 0 amide bonds. The lowest BCUT2D eigenvalue weighted by Crippen LogP contribution is -2.40. The van der Waals surface area contributed by atoms with Gasteiger partial charge in [0.05, 0.1) is 0 Å². The van der Waals surface area contributed by atoms with Gasteiger partial charge in [-0.25, -0.2) is 8.78 Å². The van der Waals surface area contributed by atoms with Crippen molar-refractivity contribution in [2.45, 2.75) is 25.4 Å². The van der Waals surface area contributed by atoms with Crippen LogP contribution in [0.1, 0.15) is 24.9 Å². The molecule has 1 saturated heterocycles. The lowest BCUT2D eigenvalue weighted by atomic mass is 10.1. The molecule has 4 heteroatoms. The van der Waals surface area contributed by atoms with Gasteiger partial charge in [0.25, 0.3) is 0 Å². The summed E-state index contributed by atoms with van der Waals surface area (Å²) in [6.07, 6.45) is 1.01. The van der Waals surface area contributed by atoms with E-state index in [9.17, 15) is 8.78 Å². The molecule has 2 atom stereocenters. The van der Waals surface area contributed by atoms with E-state index in [-0.39, 0.29) is 17.7 Å². The number of hydrogen-bond acceptors (Lipinski definition) is 2. The van der Waals surface area contributed by atoms with Gasteiger partial charge in [0, 0.05) is 29.2 Å². The second-order valence-electron chi connectivity index (χ2n) is 4.03. The summed E-state index contributed by atoms with van der Waals surface area (Å²) in [6, 6.07) is 3.98. The Kier molecular flexibility index (Phi) is 3.82. The van der Waals surface area contributed by atoms with Crippen molar-refractivity contribution in [3.8, 4) is 0 Å². The van der Waals surface area contributed by atoms with Crippen molar-refractivity contribution in [2.75, 3.05) is 11.5 Å². The molecule has 0 bridgehead atoms. The number of benzene rings is 1. The molecule has 2 unspecified atom stereocenters. The topological polar surface area (TPSA) is 12.0 Å². The van der Waals surface area contributed by atoms with Gasteiger partial charge >= 0.3 is 0 Å². The number of nitrogens with one attached hydrogen (secondary N) is 1. The molecule has 0 radical (unpaired) electrons. The van der Waals surface area contributed by atoms with Crippen LogP contribution in [0.25, 0.3) is 0 Å². The zero-order valence-corrected chi connectivity index (χ0v) is 9.99. The van der Waals surface area contributed by atoms with Crippen LogP contribution >= 0.6 is 11.8 Å². The maximum Gasteiger partial charge on any atom is 0.128 e. The van der Waals surface area contributed by atoms with Gasteiger partial charge in [-0.1, -0.05) is 6.92 Å². The molecule has 1 heterocycles. The van der Waals surface area contributed by atoms with E-state index in [0.717, 1.165) is 24.0 Å². The molecule has 1 aliphatic rings. The van der Waals surface area contributed by atoms with Crippen LogP contribution in [-0.2, 0) is 0 Å². The fraction of sp³-hybridized carbons (Fsp3) is 0.500. The number of thioether (sulfide) groups is 1. The van der Waals surface area contributed by atoms with Gasteiger partial charge in [0.15, 0.2) is 0 Å². The Balaban J connectivity index is 2.19. The van der Waals surface area contributed by atoms with Crippen LogP contribution in [0.2, 0.25) is 0 Å². The van der Waals surface area contributed by atoms with Crippen molar-refractivity contribution < 1.29 is 8.78 Å². The summed E-state index contributed by atoms with van der Waals surface area (Å²) < 4.78 is 26.6. The van der Waals surface area contributed by atoms with E-state index in [1.807, 2.05) is 0 Å². The fourth-order valence-corrected chi connectivity index (χ4v) is 3.17. The first-order valence-corrected chi connectivity index (χ1v) is 6.65. The SMILES string of the molecule is CCC1CSCC(c2cc(F)ccc2F)N1. The van der Waals surface area contributed by atoms with Crippen molar-refractivity contribution in [3.63, 3.8) is 0 Å². The molecule has 1 aromatic rings. The molecule has 0 aliphatic carbocycles. The van der Waals surface area contributed by atoms with E-state index >= 15 is 0 Å². The van der Waals surface area contributed by atoms with Crippen molar-refractivity contribution in [1.82, 2.24) is 5.32 Å². The number of halogens is 2. The second-order valence-corrected chi connectivity index (χ2v) is 5.10. The van der Waals surface area contributed by atoms with Crippen LogP contribution < -0.4 is 5.32 Å². The number of rotatable bonds is 2. The zero-order chi connectivity index (χ0) is 11.5. The molecule has 1 aromatic carbocycles. The molecule has 2 rings (SSSR count). The van der Waals surface area contributed by atoms with E-state index in [1.54, 1.807) is 11.8 Å². The maximum absolute atomic E-state index is 13.6. The summed E-state index contributed by atoms with van der Waals surface area (Å²) in [7, 11) is 0. The summed E-state index contributed by atoms with van der Waals surface area (Å²) in [4.78, 5) is 0. The van der Waals surface area contributed by atoms with Gasteiger partial charge in [-0.15, -0.1) is 0 Å². The molecule has 0 saturated carbocycles. The van der Waals surface area contributed by atoms with Crippen LogP contribution in [0, 0.1) is 11.6 Å². The molecule has 0 spiro atoms. The first kappa shape index (κ1) is 11.9. The van der Waals surface area contributed by atoms with Crippen LogP contribution in [0.15, 0.2) is 18.2 Å². The summed E-state index contributed by atoms with van der Waals surface area (Å²) in [6.45, 7) is 2.10. The highest BCUT2D eigenvalue weighted by Gasteiger charge is 2.23. The van der Waals surface area contributed by atoms with Gasteiger partial charge < -0.3 is 5.32 Å². The van der Waals surface area contributed by atoms with E-state index in [2.05, 4.69) is 12.2 Å². The highest BCUT2D eigenvalue weighted by atomic mass is 32.2. The van der Waals surface area contributed by atoms with Crippen LogP contribution in [-0.4, -0.2) is 17.5 Å². The van der Waals surface area contributed by atoms with Crippen LogP contribution in [0.3, 0.4) is 0 Å². The van der Waals surface area contributed by atoms with Gasteiger partial charge in [-0.3, -0.25) is 0 Å². The molecular weight excluding hydrogens is 228 g/mol. The van der Waals surface area contributed by atoms with E-state index in [0.29, 0.717) is 11.6 Å². The third-order valence-corrected chi connectivity index (χ3v) is 4.07. The molecule has 1 N–H and O–H groups in total. The van der Waals surface area contributed by atoms with E-state index in [1.165, 1.54) is 12.1 Å². The van der Waals surface area contributed by atoms with Gasteiger partial charge in [0.2, 0.25) is 0 Å². The number of hydrogen-bond donors (Lipinski definition) is 1.